The molecule has 0 aliphatic carbocycles. The van der Waals surface area contributed by atoms with E-state index < -0.39 is 35.6 Å². The Labute approximate surface area is 218 Å². The maximum absolute atomic E-state index is 12.0. The maximum Gasteiger partial charge on any atom is 0.407 e. The summed E-state index contributed by atoms with van der Waals surface area (Å²) in [5.74, 6) is -1.12. The lowest BCUT2D eigenvalue weighted by Gasteiger charge is -2.27. The van der Waals surface area contributed by atoms with Crippen LogP contribution in [-0.4, -0.2) is 113 Å². The molecule has 37 heavy (non-hydrogen) atoms. The van der Waals surface area contributed by atoms with Gasteiger partial charge in [-0.3, -0.25) is 14.5 Å². The third-order valence-corrected chi connectivity index (χ3v) is 4.48. The summed E-state index contributed by atoms with van der Waals surface area (Å²) in [4.78, 5) is 49.0. The second-order valence-corrected chi connectivity index (χ2v) is 8.89. The fraction of sp³-hybridized carbons (Fsp3) is 0.750. The lowest BCUT2D eigenvalue weighted by Crippen LogP contribution is -2.50. The van der Waals surface area contributed by atoms with Crippen LogP contribution in [0.25, 0.3) is 0 Å². The van der Waals surface area contributed by atoms with Gasteiger partial charge >= 0.3 is 12.2 Å². The van der Waals surface area contributed by atoms with Crippen LogP contribution in [-0.2, 0) is 38.0 Å². The number of hydrogen-bond acceptors (Lipinski definition) is 10. The first-order valence-electron chi connectivity index (χ1n) is 12.4. The van der Waals surface area contributed by atoms with E-state index in [1.807, 2.05) is 6.92 Å². The molecule has 0 saturated heterocycles. The highest BCUT2D eigenvalue weighted by Gasteiger charge is 2.32. The van der Waals surface area contributed by atoms with Gasteiger partial charge in [0.1, 0.15) is 12.2 Å². The molecule has 1 heterocycles. The zero-order chi connectivity index (χ0) is 27.5. The molecule has 1 aliphatic rings. The van der Waals surface area contributed by atoms with Crippen molar-refractivity contribution in [3.63, 3.8) is 0 Å². The summed E-state index contributed by atoms with van der Waals surface area (Å²) in [7, 11) is 0. The molecule has 212 valence electrons. The van der Waals surface area contributed by atoms with Crippen molar-refractivity contribution >= 4 is 24.0 Å². The van der Waals surface area contributed by atoms with E-state index in [0.29, 0.717) is 39.6 Å². The molecule has 0 aromatic carbocycles. The van der Waals surface area contributed by atoms with Crippen molar-refractivity contribution in [1.82, 2.24) is 15.5 Å². The van der Waals surface area contributed by atoms with Gasteiger partial charge in [-0.1, -0.05) is 6.92 Å². The molecule has 0 spiro atoms. The molecule has 0 bridgehead atoms. The van der Waals surface area contributed by atoms with Crippen molar-refractivity contribution in [3.05, 3.63) is 12.2 Å². The van der Waals surface area contributed by atoms with Crippen LogP contribution in [0.3, 0.4) is 0 Å². The molecule has 0 aromatic heterocycles. The Morgan fingerprint density at radius 2 is 1.32 bits per heavy atom. The van der Waals surface area contributed by atoms with Crippen molar-refractivity contribution in [3.8, 4) is 0 Å². The van der Waals surface area contributed by atoms with Gasteiger partial charge in [-0.2, -0.15) is 0 Å². The first-order chi connectivity index (χ1) is 17.6. The number of carbonyl (C=O) groups is 4. The zero-order valence-electron chi connectivity index (χ0n) is 22.2. The number of amides is 4. The normalized spacial score (nSPS) is 14.1. The minimum Gasteiger partial charge on any atom is -0.447 e. The third-order valence-electron chi connectivity index (χ3n) is 4.48. The Kier molecular flexibility index (Phi) is 16.1. The second kappa shape index (κ2) is 18.5. The van der Waals surface area contributed by atoms with Gasteiger partial charge in [0, 0.05) is 31.8 Å². The summed E-state index contributed by atoms with van der Waals surface area (Å²) in [5.41, 5.74) is -0.719. The molecule has 0 saturated carbocycles. The lowest BCUT2D eigenvalue weighted by atomic mass is 10.2. The van der Waals surface area contributed by atoms with E-state index in [4.69, 9.17) is 28.4 Å². The van der Waals surface area contributed by atoms with Gasteiger partial charge in [-0.15, -0.1) is 0 Å². The minimum absolute atomic E-state index is 0.151. The lowest BCUT2D eigenvalue weighted by molar-refractivity contribution is -0.140. The Bertz CT molecular complexity index is 721. The van der Waals surface area contributed by atoms with Crippen molar-refractivity contribution in [1.29, 1.82) is 0 Å². The van der Waals surface area contributed by atoms with E-state index in [2.05, 4.69) is 10.6 Å². The molecule has 13 heteroatoms. The van der Waals surface area contributed by atoms with E-state index in [9.17, 15) is 19.2 Å². The van der Waals surface area contributed by atoms with E-state index in [-0.39, 0.29) is 26.3 Å². The van der Waals surface area contributed by atoms with Gasteiger partial charge in [0.2, 0.25) is 0 Å². The highest BCUT2D eigenvalue weighted by Crippen LogP contribution is 2.11. The molecule has 0 fully saturated rings. The van der Waals surface area contributed by atoms with E-state index in [1.165, 1.54) is 0 Å². The Hall–Kier alpha value is -2.74. The SMILES string of the molecule is CCCOCCOCCOCCOCCNC(=O)OC[C@H](CNC(=O)OC(C)(C)C)N1C(=O)C=CC1=O. The number of nitrogens with one attached hydrogen (secondary N) is 2. The van der Waals surface area contributed by atoms with Gasteiger partial charge in [0.05, 0.1) is 52.3 Å². The van der Waals surface area contributed by atoms with Crippen molar-refractivity contribution in [2.75, 3.05) is 72.6 Å². The third kappa shape index (κ3) is 15.9. The van der Waals surface area contributed by atoms with Crippen LogP contribution in [0.4, 0.5) is 9.59 Å². The first kappa shape index (κ1) is 32.3. The molecule has 0 unspecified atom stereocenters. The standard InChI is InChI=1S/C24H41N3O10/c1-5-9-32-11-13-34-15-16-35-14-12-33-10-8-25-22(30)36-18-19(27-20(28)6-7-21(27)29)17-26-23(31)37-24(2,3)4/h6-7,19H,5,8-18H2,1-4H3,(H,25,30)(H,26,31)/t19-/m0/s1. The highest BCUT2D eigenvalue weighted by molar-refractivity contribution is 6.13. The summed E-state index contributed by atoms with van der Waals surface area (Å²) in [6, 6.07) is -0.908. The van der Waals surface area contributed by atoms with Crippen LogP contribution < -0.4 is 10.6 Å². The molecule has 1 atom stereocenters. The Balaban J connectivity index is 2.19. The van der Waals surface area contributed by atoms with Gasteiger partial charge in [0.25, 0.3) is 11.8 Å². The van der Waals surface area contributed by atoms with Crippen LogP contribution in [0, 0.1) is 0 Å². The van der Waals surface area contributed by atoms with Gasteiger partial charge in [0.15, 0.2) is 0 Å². The van der Waals surface area contributed by atoms with Crippen LogP contribution in [0.5, 0.6) is 0 Å². The van der Waals surface area contributed by atoms with E-state index >= 15 is 0 Å². The summed E-state index contributed by atoms with van der Waals surface area (Å²) in [5, 5.41) is 5.00. The molecule has 13 nitrogen and oxygen atoms in total. The smallest absolute Gasteiger partial charge is 0.407 e. The summed E-state index contributed by atoms with van der Waals surface area (Å²) >= 11 is 0. The maximum atomic E-state index is 12.0. The molecule has 2 N–H and O–H groups in total. The number of rotatable bonds is 19. The first-order valence-corrected chi connectivity index (χ1v) is 12.4. The molecule has 0 radical (unpaired) electrons. The quantitative estimate of drug-likeness (QED) is 0.182. The fourth-order valence-corrected chi connectivity index (χ4v) is 2.87. The van der Waals surface area contributed by atoms with Crippen molar-refractivity contribution in [2.24, 2.45) is 0 Å². The molecule has 1 rings (SSSR count). The number of carbonyl (C=O) groups excluding carboxylic acids is 4. The average Bonchev–Trinajstić information content (AvgIpc) is 3.16. The van der Waals surface area contributed by atoms with Crippen molar-refractivity contribution < 1.29 is 47.6 Å². The van der Waals surface area contributed by atoms with Crippen LogP contribution in [0.1, 0.15) is 34.1 Å². The molecule has 1 aliphatic heterocycles. The number of hydrogen-bond donors (Lipinski definition) is 2. The van der Waals surface area contributed by atoms with Gasteiger partial charge in [-0.05, 0) is 27.2 Å². The van der Waals surface area contributed by atoms with Crippen molar-refractivity contribution in [2.45, 2.75) is 45.8 Å². The second-order valence-electron chi connectivity index (χ2n) is 8.89. The zero-order valence-corrected chi connectivity index (χ0v) is 22.2. The van der Waals surface area contributed by atoms with Gasteiger partial charge in [-0.25, -0.2) is 9.59 Å². The van der Waals surface area contributed by atoms with Crippen LogP contribution in [0.15, 0.2) is 12.2 Å². The summed E-state index contributed by atoms with van der Waals surface area (Å²) in [6.45, 7) is 10.6. The van der Waals surface area contributed by atoms with Crippen LogP contribution in [0.2, 0.25) is 0 Å². The predicted molar refractivity (Wildman–Crippen MR) is 132 cm³/mol. The number of imide groups is 1. The Morgan fingerprint density at radius 3 is 1.84 bits per heavy atom. The number of nitrogens with zero attached hydrogens (tertiary/aromatic N) is 1. The average molecular weight is 532 g/mol. The van der Waals surface area contributed by atoms with E-state index in [1.54, 1.807) is 20.8 Å². The largest absolute Gasteiger partial charge is 0.447 e. The summed E-state index contributed by atoms with van der Waals surface area (Å²) < 4.78 is 31.7. The monoisotopic (exact) mass is 531 g/mol. The van der Waals surface area contributed by atoms with Crippen LogP contribution >= 0.6 is 0 Å². The number of ether oxygens (including phenoxy) is 6. The molecule has 4 amide bonds. The number of alkyl carbamates (subject to hydrolysis) is 2. The highest BCUT2D eigenvalue weighted by atomic mass is 16.6. The minimum atomic E-state index is -0.908. The molecular weight excluding hydrogens is 490 g/mol. The van der Waals surface area contributed by atoms with Gasteiger partial charge < -0.3 is 39.1 Å². The fourth-order valence-electron chi connectivity index (χ4n) is 2.87. The molecule has 0 aromatic rings. The molecular formula is C24H41N3O10. The Morgan fingerprint density at radius 1 is 0.811 bits per heavy atom. The predicted octanol–water partition coefficient (Wildman–Crippen LogP) is 1.01. The summed E-state index contributed by atoms with van der Waals surface area (Å²) in [6.07, 6.45) is 1.73. The topological polar surface area (TPSA) is 151 Å². The van der Waals surface area contributed by atoms with E-state index in [0.717, 1.165) is 30.1 Å².